The largest absolute Gasteiger partial charge is 0.378 e. The molecular weight excluding hydrogens is 233 g/mol. The lowest BCUT2D eigenvalue weighted by atomic mass is 9.89. The smallest absolute Gasteiger partial charge is 0.143 e. The Bertz CT molecular complexity index is 428. The topological polar surface area (TPSA) is 30.3 Å². The maximum absolute atomic E-state index is 14.9. The quantitative estimate of drug-likeness (QED) is 0.801. The molecule has 0 radical (unpaired) electrons. The van der Waals surface area contributed by atoms with Crippen LogP contribution in [0.25, 0.3) is 0 Å². The fraction of sp³-hybridized carbons (Fsp3) is 0.769. The number of hydrogen-bond acceptors (Lipinski definition) is 3. The highest BCUT2D eigenvalue weighted by Crippen LogP contribution is 2.36. The summed E-state index contributed by atoms with van der Waals surface area (Å²) in [5.41, 5.74) is -0.200. The van der Waals surface area contributed by atoms with Gasteiger partial charge in [0.1, 0.15) is 5.67 Å². The van der Waals surface area contributed by atoms with Crippen LogP contribution in [0.2, 0.25) is 0 Å². The number of rotatable bonds is 2. The summed E-state index contributed by atoms with van der Waals surface area (Å²) in [5.74, 6) is 0. The maximum Gasteiger partial charge on any atom is 0.143 e. The average molecular weight is 253 g/mol. The number of piperidine rings is 1. The van der Waals surface area contributed by atoms with Crippen molar-refractivity contribution in [1.82, 2.24) is 14.7 Å². The van der Waals surface area contributed by atoms with Gasteiger partial charge in [-0.3, -0.25) is 9.58 Å². The highest BCUT2D eigenvalue weighted by atomic mass is 19.1. The van der Waals surface area contributed by atoms with E-state index in [1.807, 2.05) is 17.7 Å². The van der Waals surface area contributed by atoms with Gasteiger partial charge >= 0.3 is 0 Å². The Morgan fingerprint density at radius 1 is 1.50 bits per heavy atom. The lowest BCUT2D eigenvalue weighted by molar-refractivity contribution is -0.102. The Balaban J connectivity index is 1.76. The third-order valence-corrected chi connectivity index (χ3v) is 4.20. The van der Waals surface area contributed by atoms with Crippen molar-refractivity contribution in [2.24, 2.45) is 0 Å². The van der Waals surface area contributed by atoms with Crippen molar-refractivity contribution < 1.29 is 9.13 Å². The minimum Gasteiger partial charge on any atom is -0.378 e. The molecule has 3 rings (SSSR count). The van der Waals surface area contributed by atoms with Crippen LogP contribution in [0.1, 0.15) is 25.1 Å². The SMILES string of the molecule is Cc1ccnn1C1CCN(C2COC2)CC1(C)F. The molecule has 0 N–H and O–H groups in total. The van der Waals surface area contributed by atoms with E-state index in [1.165, 1.54) is 0 Å². The molecule has 0 aromatic carbocycles. The van der Waals surface area contributed by atoms with Crippen molar-refractivity contribution in [1.29, 1.82) is 0 Å². The Hall–Kier alpha value is -0.940. The molecule has 5 heteroatoms. The Kier molecular flexibility index (Phi) is 2.90. The Morgan fingerprint density at radius 2 is 2.28 bits per heavy atom. The number of nitrogens with zero attached hydrogens (tertiary/aromatic N) is 3. The van der Waals surface area contributed by atoms with Gasteiger partial charge in [0.15, 0.2) is 0 Å². The summed E-state index contributed by atoms with van der Waals surface area (Å²) in [6, 6.07) is 2.20. The second-order valence-corrected chi connectivity index (χ2v) is 5.66. The van der Waals surface area contributed by atoms with E-state index in [-0.39, 0.29) is 6.04 Å². The maximum atomic E-state index is 14.9. The van der Waals surface area contributed by atoms with Gasteiger partial charge in [-0.1, -0.05) is 0 Å². The molecule has 2 atom stereocenters. The molecule has 100 valence electrons. The number of aryl methyl sites for hydroxylation is 1. The first-order chi connectivity index (χ1) is 8.58. The van der Waals surface area contributed by atoms with Crippen molar-refractivity contribution in [3.8, 4) is 0 Å². The van der Waals surface area contributed by atoms with Gasteiger partial charge in [-0.15, -0.1) is 0 Å². The molecule has 3 heterocycles. The van der Waals surface area contributed by atoms with Gasteiger partial charge in [-0.25, -0.2) is 4.39 Å². The van der Waals surface area contributed by atoms with Gasteiger partial charge in [-0.2, -0.15) is 5.10 Å². The molecular formula is C13H20FN3O. The fourth-order valence-electron chi connectivity index (χ4n) is 3.00. The average Bonchev–Trinajstić information content (AvgIpc) is 2.60. The molecule has 2 unspecified atom stereocenters. The van der Waals surface area contributed by atoms with E-state index < -0.39 is 5.67 Å². The molecule has 2 fully saturated rings. The van der Waals surface area contributed by atoms with Crippen LogP contribution in [-0.4, -0.2) is 52.7 Å². The van der Waals surface area contributed by atoms with Gasteiger partial charge in [0.05, 0.1) is 25.3 Å². The third kappa shape index (κ3) is 1.95. The lowest BCUT2D eigenvalue weighted by Gasteiger charge is -2.46. The van der Waals surface area contributed by atoms with E-state index in [2.05, 4.69) is 10.00 Å². The highest BCUT2D eigenvalue weighted by Gasteiger charge is 2.44. The molecule has 1 aromatic heterocycles. The summed E-state index contributed by atoms with van der Waals surface area (Å²) < 4.78 is 21.9. The van der Waals surface area contributed by atoms with Crippen molar-refractivity contribution >= 4 is 0 Å². The van der Waals surface area contributed by atoms with Crippen LogP contribution in [0.4, 0.5) is 4.39 Å². The number of hydrogen-bond donors (Lipinski definition) is 0. The number of aromatic nitrogens is 2. The normalized spacial score (nSPS) is 34.5. The first-order valence-corrected chi connectivity index (χ1v) is 6.59. The number of likely N-dealkylation sites (tertiary alicyclic amines) is 1. The predicted molar refractivity (Wildman–Crippen MR) is 66.3 cm³/mol. The van der Waals surface area contributed by atoms with Crippen LogP contribution in [0.3, 0.4) is 0 Å². The van der Waals surface area contributed by atoms with E-state index in [0.717, 1.165) is 31.9 Å². The minimum atomic E-state index is -1.23. The van der Waals surface area contributed by atoms with Crippen molar-refractivity contribution in [3.63, 3.8) is 0 Å². The zero-order valence-corrected chi connectivity index (χ0v) is 11.0. The van der Waals surface area contributed by atoms with E-state index in [1.54, 1.807) is 13.1 Å². The summed E-state index contributed by atoms with van der Waals surface area (Å²) in [4.78, 5) is 2.22. The van der Waals surface area contributed by atoms with Gasteiger partial charge in [-0.05, 0) is 26.3 Å². The van der Waals surface area contributed by atoms with Crippen LogP contribution in [0, 0.1) is 6.92 Å². The van der Waals surface area contributed by atoms with Crippen molar-refractivity contribution in [2.45, 2.75) is 38.0 Å². The van der Waals surface area contributed by atoms with Crippen LogP contribution in [0.5, 0.6) is 0 Å². The first kappa shape index (κ1) is 12.1. The summed E-state index contributed by atoms with van der Waals surface area (Å²) in [6.45, 7) is 6.59. The Morgan fingerprint density at radius 3 is 2.78 bits per heavy atom. The van der Waals surface area contributed by atoms with Gasteiger partial charge in [0.2, 0.25) is 0 Å². The van der Waals surface area contributed by atoms with Crippen LogP contribution >= 0.6 is 0 Å². The fourth-order valence-corrected chi connectivity index (χ4v) is 3.00. The third-order valence-electron chi connectivity index (χ3n) is 4.20. The molecule has 2 aliphatic heterocycles. The highest BCUT2D eigenvalue weighted by molar-refractivity contribution is 5.04. The zero-order chi connectivity index (χ0) is 12.8. The predicted octanol–water partition coefficient (Wildman–Crippen LogP) is 1.57. The van der Waals surface area contributed by atoms with Gasteiger partial charge < -0.3 is 4.74 Å². The standard InChI is InChI=1S/C13H20FN3O/c1-10-3-5-15-17(10)12-4-6-16(9-13(12,2)14)11-7-18-8-11/h3,5,11-12H,4,6-9H2,1-2H3. The minimum absolute atomic E-state index is 0.148. The van der Waals surface area contributed by atoms with Crippen LogP contribution in [-0.2, 0) is 4.74 Å². The first-order valence-electron chi connectivity index (χ1n) is 6.59. The molecule has 2 saturated heterocycles. The number of ether oxygens (including phenoxy) is 1. The second-order valence-electron chi connectivity index (χ2n) is 5.66. The van der Waals surface area contributed by atoms with Crippen LogP contribution < -0.4 is 0 Å². The molecule has 0 bridgehead atoms. The summed E-state index contributed by atoms with van der Waals surface area (Å²) in [7, 11) is 0. The van der Waals surface area contributed by atoms with Gasteiger partial charge in [0.25, 0.3) is 0 Å². The Labute approximate surface area is 107 Å². The van der Waals surface area contributed by atoms with Crippen molar-refractivity contribution in [2.75, 3.05) is 26.3 Å². The molecule has 0 spiro atoms. The summed E-state index contributed by atoms with van der Waals surface area (Å²) in [6.07, 6.45) is 2.56. The molecule has 4 nitrogen and oxygen atoms in total. The van der Waals surface area contributed by atoms with Crippen molar-refractivity contribution in [3.05, 3.63) is 18.0 Å². The number of halogens is 1. The molecule has 1 aromatic rings. The summed E-state index contributed by atoms with van der Waals surface area (Å²) >= 11 is 0. The number of alkyl halides is 1. The molecule has 18 heavy (non-hydrogen) atoms. The van der Waals surface area contributed by atoms with Gasteiger partial charge in [0, 0.05) is 25.0 Å². The molecule has 0 aliphatic carbocycles. The lowest BCUT2D eigenvalue weighted by Crippen LogP contribution is -2.58. The second kappa shape index (κ2) is 4.31. The zero-order valence-electron chi connectivity index (χ0n) is 11.0. The monoisotopic (exact) mass is 253 g/mol. The van der Waals surface area contributed by atoms with E-state index in [4.69, 9.17) is 4.74 Å². The molecule has 0 saturated carbocycles. The molecule has 0 amide bonds. The molecule has 2 aliphatic rings. The van der Waals surface area contributed by atoms with E-state index in [9.17, 15) is 4.39 Å². The van der Waals surface area contributed by atoms with E-state index >= 15 is 0 Å². The summed E-state index contributed by atoms with van der Waals surface area (Å²) in [5, 5.41) is 4.27. The van der Waals surface area contributed by atoms with E-state index in [0.29, 0.717) is 12.6 Å². The van der Waals surface area contributed by atoms with Crippen LogP contribution in [0.15, 0.2) is 12.3 Å².